The van der Waals surface area contributed by atoms with Gasteiger partial charge in [0.2, 0.25) is 0 Å². The summed E-state index contributed by atoms with van der Waals surface area (Å²) < 4.78 is 1.31. The zero-order valence-electron chi connectivity index (χ0n) is 17.2. The maximum Gasteiger partial charge on any atom is 0.290 e. The lowest BCUT2D eigenvalue weighted by Crippen LogP contribution is -2.45. The predicted octanol–water partition coefficient (Wildman–Crippen LogP) is 3.11. The van der Waals surface area contributed by atoms with Crippen LogP contribution in [0.25, 0.3) is 10.8 Å². The second-order valence-electron chi connectivity index (χ2n) is 6.97. The SMILES string of the molecule is CCCCCn1nc(C(=O)NNC(=O)CNc2ccccc2Cl)c2ccccc2c1=O. The molecule has 0 atom stereocenters. The molecule has 0 saturated heterocycles. The van der Waals surface area contributed by atoms with Crippen LogP contribution in [0.1, 0.15) is 36.7 Å². The van der Waals surface area contributed by atoms with Crippen molar-refractivity contribution in [1.29, 1.82) is 0 Å². The van der Waals surface area contributed by atoms with E-state index in [-0.39, 0.29) is 17.8 Å². The first kappa shape index (κ1) is 22.3. The molecule has 31 heavy (non-hydrogen) atoms. The van der Waals surface area contributed by atoms with Gasteiger partial charge in [0.05, 0.1) is 22.6 Å². The maximum absolute atomic E-state index is 12.7. The number of hydrogen-bond donors (Lipinski definition) is 3. The maximum atomic E-state index is 12.7. The molecule has 2 amide bonds. The van der Waals surface area contributed by atoms with Gasteiger partial charge < -0.3 is 5.32 Å². The van der Waals surface area contributed by atoms with Gasteiger partial charge in [-0.05, 0) is 24.6 Å². The number of nitrogens with one attached hydrogen (secondary N) is 3. The van der Waals surface area contributed by atoms with Crippen LogP contribution >= 0.6 is 11.6 Å². The monoisotopic (exact) mass is 441 g/mol. The van der Waals surface area contributed by atoms with Gasteiger partial charge in [-0.2, -0.15) is 5.10 Å². The predicted molar refractivity (Wildman–Crippen MR) is 121 cm³/mol. The number of unbranched alkanes of at least 4 members (excludes halogenated alkanes) is 2. The molecule has 8 nitrogen and oxygen atoms in total. The topological polar surface area (TPSA) is 105 Å². The van der Waals surface area contributed by atoms with Crippen molar-refractivity contribution in [2.24, 2.45) is 0 Å². The van der Waals surface area contributed by atoms with E-state index in [0.717, 1.165) is 19.3 Å². The molecule has 162 valence electrons. The van der Waals surface area contributed by atoms with E-state index in [4.69, 9.17) is 11.6 Å². The van der Waals surface area contributed by atoms with E-state index in [1.165, 1.54) is 4.68 Å². The third-order valence-corrected chi connectivity index (χ3v) is 5.01. The average molecular weight is 442 g/mol. The van der Waals surface area contributed by atoms with Crippen molar-refractivity contribution >= 4 is 39.9 Å². The van der Waals surface area contributed by atoms with E-state index in [1.807, 2.05) is 0 Å². The van der Waals surface area contributed by atoms with Gasteiger partial charge in [-0.15, -0.1) is 0 Å². The third-order valence-electron chi connectivity index (χ3n) is 4.68. The first-order chi connectivity index (χ1) is 15.0. The smallest absolute Gasteiger partial charge is 0.290 e. The van der Waals surface area contributed by atoms with Gasteiger partial charge in [0.25, 0.3) is 17.4 Å². The van der Waals surface area contributed by atoms with Crippen molar-refractivity contribution < 1.29 is 9.59 Å². The van der Waals surface area contributed by atoms with E-state index in [9.17, 15) is 14.4 Å². The van der Waals surface area contributed by atoms with E-state index in [1.54, 1.807) is 48.5 Å². The lowest BCUT2D eigenvalue weighted by Gasteiger charge is -2.12. The minimum absolute atomic E-state index is 0.0751. The van der Waals surface area contributed by atoms with E-state index < -0.39 is 11.8 Å². The summed E-state index contributed by atoms with van der Waals surface area (Å²) in [7, 11) is 0. The summed E-state index contributed by atoms with van der Waals surface area (Å²) in [5.41, 5.74) is 5.16. The normalized spacial score (nSPS) is 10.6. The molecule has 3 aromatic rings. The Morgan fingerprint density at radius 3 is 2.45 bits per heavy atom. The second-order valence-corrected chi connectivity index (χ2v) is 7.37. The molecule has 0 bridgehead atoms. The first-order valence-electron chi connectivity index (χ1n) is 10.1. The quantitative estimate of drug-likeness (QED) is 0.368. The van der Waals surface area contributed by atoms with Crippen LogP contribution in [0.4, 0.5) is 5.69 Å². The largest absolute Gasteiger partial charge is 0.375 e. The average Bonchev–Trinajstić information content (AvgIpc) is 2.78. The Morgan fingerprint density at radius 1 is 1.00 bits per heavy atom. The molecule has 0 fully saturated rings. The molecule has 0 saturated carbocycles. The highest BCUT2D eigenvalue weighted by molar-refractivity contribution is 6.33. The molecule has 3 N–H and O–H groups in total. The molecule has 0 aliphatic carbocycles. The number of fused-ring (bicyclic) bond motifs is 1. The summed E-state index contributed by atoms with van der Waals surface area (Å²) in [4.78, 5) is 37.5. The zero-order chi connectivity index (χ0) is 22.2. The van der Waals surface area contributed by atoms with Crippen molar-refractivity contribution in [2.75, 3.05) is 11.9 Å². The number of hydrogen-bond acceptors (Lipinski definition) is 5. The summed E-state index contributed by atoms with van der Waals surface area (Å²) in [6.07, 6.45) is 2.74. The van der Waals surface area contributed by atoms with Crippen molar-refractivity contribution in [3.63, 3.8) is 0 Å². The molecule has 0 aliphatic heterocycles. The molecule has 0 unspecified atom stereocenters. The van der Waals surface area contributed by atoms with Gasteiger partial charge in [0.1, 0.15) is 0 Å². The van der Waals surface area contributed by atoms with Crippen molar-refractivity contribution in [3.8, 4) is 0 Å². The molecule has 0 radical (unpaired) electrons. The molecule has 1 aromatic heterocycles. The summed E-state index contributed by atoms with van der Waals surface area (Å²) in [6, 6.07) is 13.8. The summed E-state index contributed by atoms with van der Waals surface area (Å²) in [5.74, 6) is -1.07. The lowest BCUT2D eigenvalue weighted by atomic mass is 10.1. The van der Waals surface area contributed by atoms with Crippen LogP contribution in [0.3, 0.4) is 0 Å². The molecule has 2 aromatic carbocycles. The van der Waals surface area contributed by atoms with Crippen molar-refractivity contribution in [3.05, 3.63) is 69.6 Å². The Hall–Kier alpha value is -3.39. The number of carbonyl (C=O) groups excluding carboxylic acids is 2. The van der Waals surface area contributed by atoms with E-state index >= 15 is 0 Å². The number of hydrazine groups is 1. The van der Waals surface area contributed by atoms with Crippen LogP contribution in [0.5, 0.6) is 0 Å². The minimum atomic E-state index is -0.605. The van der Waals surface area contributed by atoms with Gasteiger partial charge in [-0.3, -0.25) is 25.2 Å². The van der Waals surface area contributed by atoms with Crippen LogP contribution in [0.2, 0.25) is 5.02 Å². The number of amides is 2. The Bertz CT molecular complexity index is 1150. The number of aryl methyl sites for hydroxylation is 1. The second kappa shape index (κ2) is 10.6. The van der Waals surface area contributed by atoms with Crippen LogP contribution < -0.4 is 21.7 Å². The van der Waals surface area contributed by atoms with Crippen LogP contribution in [-0.2, 0) is 11.3 Å². The summed E-state index contributed by atoms with van der Waals surface area (Å²) in [6.45, 7) is 2.40. The number of halogens is 1. The summed E-state index contributed by atoms with van der Waals surface area (Å²) in [5, 5.41) is 8.48. The lowest BCUT2D eigenvalue weighted by molar-refractivity contribution is -0.120. The van der Waals surface area contributed by atoms with Gasteiger partial charge in [0.15, 0.2) is 5.69 Å². The van der Waals surface area contributed by atoms with Crippen LogP contribution in [0.15, 0.2) is 53.3 Å². The first-order valence-corrected chi connectivity index (χ1v) is 10.5. The number of nitrogens with zero attached hydrogens (tertiary/aromatic N) is 2. The van der Waals surface area contributed by atoms with Gasteiger partial charge in [-0.25, -0.2) is 4.68 Å². The minimum Gasteiger partial charge on any atom is -0.375 e. The van der Waals surface area contributed by atoms with Gasteiger partial charge in [-0.1, -0.05) is 61.7 Å². The molecule has 0 spiro atoms. The fourth-order valence-electron chi connectivity index (χ4n) is 3.08. The number of aromatic nitrogens is 2. The molecular formula is C22H24ClN5O3. The van der Waals surface area contributed by atoms with E-state index in [0.29, 0.717) is 28.0 Å². The Balaban J connectivity index is 1.71. The molecule has 0 aliphatic rings. The number of para-hydroxylation sites is 1. The highest BCUT2D eigenvalue weighted by atomic mass is 35.5. The Labute approximate surface area is 184 Å². The Morgan fingerprint density at radius 2 is 1.71 bits per heavy atom. The van der Waals surface area contributed by atoms with Gasteiger partial charge in [0, 0.05) is 11.9 Å². The van der Waals surface area contributed by atoms with Crippen molar-refractivity contribution in [1.82, 2.24) is 20.6 Å². The molecular weight excluding hydrogens is 418 g/mol. The van der Waals surface area contributed by atoms with Crippen LogP contribution in [-0.4, -0.2) is 28.1 Å². The molecule has 9 heteroatoms. The third kappa shape index (κ3) is 5.61. The highest BCUT2D eigenvalue weighted by Crippen LogP contribution is 2.19. The van der Waals surface area contributed by atoms with E-state index in [2.05, 4.69) is 28.2 Å². The number of benzene rings is 2. The number of anilines is 1. The molecule has 3 rings (SSSR count). The zero-order valence-corrected chi connectivity index (χ0v) is 17.9. The van der Waals surface area contributed by atoms with Crippen molar-refractivity contribution in [2.45, 2.75) is 32.7 Å². The number of carbonyl (C=O) groups is 2. The Kier molecular flexibility index (Phi) is 7.61. The highest BCUT2D eigenvalue weighted by Gasteiger charge is 2.17. The fourth-order valence-corrected chi connectivity index (χ4v) is 3.28. The van der Waals surface area contributed by atoms with Crippen LogP contribution in [0, 0.1) is 0 Å². The summed E-state index contributed by atoms with van der Waals surface area (Å²) >= 11 is 6.04. The molecule has 1 heterocycles. The fraction of sp³-hybridized carbons (Fsp3) is 0.273. The number of rotatable bonds is 8. The van der Waals surface area contributed by atoms with Gasteiger partial charge >= 0.3 is 0 Å². The standard InChI is InChI=1S/C22H24ClN5O3/c1-2-3-8-13-28-22(31)16-10-5-4-9-15(16)20(27-28)21(30)26-25-19(29)14-24-18-12-7-6-11-17(18)23/h4-7,9-12,24H,2-3,8,13-14H2,1H3,(H,25,29)(H,26,30).